The molecule has 11 nitrogen and oxygen atoms in total. The number of amides is 2. The number of nitrogens with two attached hydrogens (primary N) is 1. The largest absolute Gasteiger partial charge is 0.365 e. The van der Waals surface area contributed by atoms with Gasteiger partial charge in [-0.1, -0.05) is 24.0 Å². The zero-order chi connectivity index (χ0) is 21.9. The number of guanidine groups is 1. The zero-order valence-corrected chi connectivity index (χ0v) is 18.2. The number of anilines is 1. The second-order valence-corrected chi connectivity index (χ2v) is 7.27. The van der Waals surface area contributed by atoms with E-state index in [-0.39, 0.29) is 42.3 Å². The van der Waals surface area contributed by atoms with Gasteiger partial charge in [0, 0.05) is 31.2 Å². The van der Waals surface area contributed by atoms with E-state index >= 15 is 0 Å². The second kappa shape index (κ2) is 13.4. The molecule has 2 amide bonds. The number of nitrogens with one attached hydrogen (secondary N) is 4. The molecule has 31 heavy (non-hydrogen) atoms. The Morgan fingerprint density at radius 1 is 1.32 bits per heavy atom. The van der Waals surface area contributed by atoms with Gasteiger partial charge < -0.3 is 21.7 Å². The number of halogens is 1. The SMILES string of the molecule is Cc1cccc(NC(=O)[C@@H]2C[C@H](NC(=O)CCCCCN=C(N)N[N+](=O)[O-])CN2)c1.Cl. The van der Waals surface area contributed by atoms with Crippen molar-refractivity contribution in [1.29, 1.82) is 0 Å². The van der Waals surface area contributed by atoms with Crippen LogP contribution in [0.15, 0.2) is 29.3 Å². The monoisotopic (exact) mass is 455 g/mol. The number of rotatable bonds is 10. The number of carbonyl (C=O) groups excluding carboxylic acids is 2. The van der Waals surface area contributed by atoms with Crippen LogP contribution < -0.4 is 27.1 Å². The summed E-state index contributed by atoms with van der Waals surface area (Å²) in [6, 6.07) is 7.18. The third-order valence-electron chi connectivity index (χ3n) is 4.65. The molecule has 12 heteroatoms. The molecule has 0 spiro atoms. The van der Waals surface area contributed by atoms with E-state index in [0.29, 0.717) is 38.8 Å². The Morgan fingerprint density at radius 2 is 2.10 bits per heavy atom. The highest BCUT2D eigenvalue weighted by atomic mass is 35.5. The van der Waals surface area contributed by atoms with Crippen molar-refractivity contribution in [1.82, 2.24) is 16.1 Å². The summed E-state index contributed by atoms with van der Waals surface area (Å²) in [5.74, 6) is -0.393. The lowest BCUT2D eigenvalue weighted by molar-refractivity contribution is -0.525. The van der Waals surface area contributed by atoms with Gasteiger partial charge in [-0.25, -0.2) is 15.1 Å². The van der Waals surface area contributed by atoms with Crippen LogP contribution in [-0.2, 0) is 9.59 Å². The molecule has 1 saturated heterocycles. The normalized spacial score (nSPS) is 18.0. The van der Waals surface area contributed by atoms with Crippen LogP contribution in [0.4, 0.5) is 5.69 Å². The van der Waals surface area contributed by atoms with Crippen molar-refractivity contribution in [3.05, 3.63) is 39.9 Å². The lowest BCUT2D eigenvalue weighted by Gasteiger charge is -2.13. The molecule has 1 aliphatic heterocycles. The van der Waals surface area contributed by atoms with Crippen molar-refractivity contribution in [3.8, 4) is 0 Å². The quantitative estimate of drug-likeness (QED) is 0.115. The second-order valence-electron chi connectivity index (χ2n) is 7.27. The van der Waals surface area contributed by atoms with Gasteiger partial charge in [0.25, 0.3) is 5.96 Å². The molecule has 1 aromatic carbocycles. The summed E-state index contributed by atoms with van der Waals surface area (Å²) >= 11 is 0. The van der Waals surface area contributed by atoms with E-state index < -0.39 is 5.03 Å². The highest BCUT2D eigenvalue weighted by Gasteiger charge is 2.30. The summed E-state index contributed by atoms with van der Waals surface area (Å²) in [6.07, 6.45) is 3.04. The lowest BCUT2D eigenvalue weighted by atomic mass is 10.1. The molecular weight excluding hydrogens is 426 g/mol. The molecule has 0 aliphatic carbocycles. The molecule has 0 unspecified atom stereocenters. The predicted molar refractivity (Wildman–Crippen MR) is 120 cm³/mol. The summed E-state index contributed by atoms with van der Waals surface area (Å²) in [5.41, 5.74) is 8.91. The molecule has 2 atom stereocenters. The fourth-order valence-electron chi connectivity index (χ4n) is 3.20. The molecule has 1 aromatic rings. The smallest absolute Gasteiger partial charge is 0.251 e. The molecule has 0 bridgehead atoms. The molecule has 172 valence electrons. The molecule has 2 rings (SSSR count). The maximum atomic E-state index is 12.4. The van der Waals surface area contributed by atoms with Crippen molar-refractivity contribution < 1.29 is 14.6 Å². The van der Waals surface area contributed by atoms with Gasteiger partial charge >= 0.3 is 0 Å². The van der Waals surface area contributed by atoms with Crippen LogP contribution in [0.2, 0.25) is 0 Å². The third-order valence-corrected chi connectivity index (χ3v) is 4.65. The Labute approximate surface area is 187 Å². The van der Waals surface area contributed by atoms with Crippen LogP contribution in [0.25, 0.3) is 0 Å². The summed E-state index contributed by atoms with van der Waals surface area (Å²) in [7, 11) is 0. The Balaban J connectivity index is 0.00000480. The minimum Gasteiger partial charge on any atom is -0.365 e. The van der Waals surface area contributed by atoms with Crippen LogP contribution in [0, 0.1) is 17.0 Å². The number of nitro groups is 1. The van der Waals surface area contributed by atoms with Crippen LogP contribution in [0.1, 0.15) is 37.7 Å². The van der Waals surface area contributed by atoms with Crippen LogP contribution >= 0.6 is 12.4 Å². The highest BCUT2D eigenvalue weighted by molar-refractivity contribution is 5.95. The molecule has 6 N–H and O–H groups in total. The number of benzene rings is 1. The van der Waals surface area contributed by atoms with Gasteiger partial charge in [0.1, 0.15) is 0 Å². The minimum atomic E-state index is -0.766. The fourth-order valence-corrected chi connectivity index (χ4v) is 3.20. The van der Waals surface area contributed by atoms with Gasteiger partial charge in [0.15, 0.2) is 5.03 Å². The van der Waals surface area contributed by atoms with E-state index in [1.165, 1.54) is 0 Å². The van der Waals surface area contributed by atoms with Gasteiger partial charge in [-0.3, -0.25) is 9.59 Å². The topological polar surface area (TPSA) is 164 Å². The number of hydrazine groups is 1. The van der Waals surface area contributed by atoms with E-state index in [4.69, 9.17) is 5.73 Å². The van der Waals surface area contributed by atoms with E-state index in [9.17, 15) is 19.7 Å². The zero-order valence-electron chi connectivity index (χ0n) is 17.4. The van der Waals surface area contributed by atoms with Crippen LogP contribution in [0.3, 0.4) is 0 Å². The van der Waals surface area contributed by atoms with E-state index in [2.05, 4.69) is 20.9 Å². The van der Waals surface area contributed by atoms with E-state index in [0.717, 1.165) is 17.7 Å². The Bertz CT molecular complexity index is 790. The van der Waals surface area contributed by atoms with Crippen molar-refractivity contribution in [2.75, 3.05) is 18.4 Å². The Kier molecular flexibility index (Phi) is 11.3. The van der Waals surface area contributed by atoms with Crippen molar-refractivity contribution >= 4 is 35.9 Å². The molecule has 0 saturated carbocycles. The maximum Gasteiger partial charge on any atom is 0.251 e. The Hall–Kier alpha value is -2.92. The molecule has 1 heterocycles. The summed E-state index contributed by atoms with van der Waals surface area (Å²) in [6.45, 7) is 2.87. The van der Waals surface area contributed by atoms with E-state index in [1.54, 1.807) is 5.43 Å². The first-order valence-electron chi connectivity index (χ1n) is 9.94. The number of hydrogen-bond donors (Lipinski definition) is 5. The third kappa shape index (κ3) is 10.1. The van der Waals surface area contributed by atoms with Crippen LogP contribution in [-0.4, -0.2) is 48.0 Å². The number of unbranched alkanes of at least 4 members (excludes halogenated alkanes) is 2. The predicted octanol–water partition coefficient (Wildman–Crippen LogP) is 0.858. The first kappa shape index (κ1) is 26.1. The first-order valence-corrected chi connectivity index (χ1v) is 9.94. The fraction of sp³-hybridized carbons (Fsp3) is 0.526. The summed E-state index contributed by atoms with van der Waals surface area (Å²) in [4.78, 5) is 38.5. The number of aryl methyl sites for hydroxylation is 1. The highest BCUT2D eigenvalue weighted by Crippen LogP contribution is 2.13. The first-order chi connectivity index (χ1) is 14.3. The number of hydrogen-bond acceptors (Lipinski definition) is 6. The van der Waals surface area contributed by atoms with E-state index in [1.807, 2.05) is 31.2 Å². The molecule has 1 aliphatic rings. The van der Waals surface area contributed by atoms with Gasteiger partial charge in [0.2, 0.25) is 11.8 Å². The van der Waals surface area contributed by atoms with Gasteiger partial charge in [-0.2, -0.15) is 0 Å². The van der Waals surface area contributed by atoms with Crippen molar-refractivity contribution in [2.45, 2.75) is 51.1 Å². The van der Waals surface area contributed by atoms with Gasteiger partial charge in [-0.15, -0.1) is 12.4 Å². The number of aliphatic imine (C=N–C) groups is 1. The lowest BCUT2D eigenvalue weighted by Crippen LogP contribution is -2.36. The molecule has 1 fully saturated rings. The molecular formula is C19H30ClN7O4. The Morgan fingerprint density at radius 3 is 2.81 bits per heavy atom. The van der Waals surface area contributed by atoms with Crippen LogP contribution in [0.5, 0.6) is 0 Å². The standard InChI is InChI=1S/C19H29N7O4.ClH/c1-13-6-5-7-14(10-13)24-18(28)16-11-15(12-22-16)23-17(27)8-3-2-4-9-21-19(20)25-26(29)30;/h5-7,10,15-16,22H,2-4,8-9,11-12H2,1H3,(H,23,27)(H,24,28)(H3,20,21,25);1H/t15-,16-;/m0./s1. The van der Waals surface area contributed by atoms with Gasteiger partial charge in [0.05, 0.1) is 6.04 Å². The number of carbonyl (C=O) groups is 2. The molecule has 0 aromatic heterocycles. The molecule has 0 radical (unpaired) electrons. The number of nitrogens with zero attached hydrogens (tertiary/aromatic N) is 2. The van der Waals surface area contributed by atoms with Gasteiger partial charge in [-0.05, 0) is 43.9 Å². The maximum absolute atomic E-state index is 12.4. The average Bonchev–Trinajstić information content (AvgIpc) is 3.12. The van der Waals surface area contributed by atoms with Crippen molar-refractivity contribution in [2.24, 2.45) is 10.7 Å². The van der Waals surface area contributed by atoms with Crippen molar-refractivity contribution in [3.63, 3.8) is 0 Å². The minimum absolute atomic E-state index is 0. The average molecular weight is 456 g/mol. The summed E-state index contributed by atoms with van der Waals surface area (Å²) < 4.78 is 0. The summed E-state index contributed by atoms with van der Waals surface area (Å²) in [5, 5.41) is 18.4.